The van der Waals surface area contributed by atoms with Crippen LogP contribution in [0.25, 0.3) is 0 Å². The molecule has 19 heavy (non-hydrogen) atoms. The maximum absolute atomic E-state index is 3.80. The zero-order valence-corrected chi connectivity index (χ0v) is 13.2. The molecule has 2 unspecified atom stereocenters. The quantitative estimate of drug-likeness (QED) is 0.761. The smallest absolute Gasteiger partial charge is 0.0107 e. The first-order chi connectivity index (χ1) is 9.25. The molecular formula is C17H34N2. The van der Waals surface area contributed by atoms with Gasteiger partial charge in [0.25, 0.3) is 0 Å². The standard InChI is InChI=1S/C17H34N2/c1-15-8-7-11-17(14-15)19(2)13-12-18-16-9-5-3-4-6-10-16/h15-18H,3-14H2,1-2H3. The van der Waals surface area contributed by atoms with Crippen LogP contribution in [0.4, 0.5) is 0 Å². The number of likely N-dealkylation sites (N-methyl/N-ethyl adjacent to an activating group) is 1. The van der Waals surface area contributed by atoms with E-state index in [-0.39, 0.29) is 0 Å². The van der Waals surface area contributed by atoms with Gasteiger partial charge >= 0.3 is 0 Å². The molecule has 0 aromatic rings. The summed E-state index contributed by atoms with van der Waals surface area (Å²) in [4.78, 5) is 2.61. The van der Waals surface area contributed by atoms with E-state index in [0.29, 0.717) is 0 Å². The van der Waals surface area contributed by atoms with E-state index in [1.165, 1.54) is 77.3 Å². The van der Waals surface area contributed by atoms with Gasteiger partial charge in [-0.05, 0) is 38.6 Å². The molecule has 0 bridgehead atoms. The SMILES string of the molecule is CC1CCCC(N(C)CCNC2CCCCCC2)C1. The summed E-state index contributed by atoms with van der Waals surface area (Å²) in [6, 6.07) is 1.65. The van der Waals surface area contributed by atoms with Crippen molar-refractivity contribution in [2.45, 2.75) is 83.2 Å². The fourth-order valence-corrected chi connectivity index (χ4v) is 3.91. The minimum atomic E-state index is 0.807. The van der Waals surface area contributed by atoms with Gasteiger partial charge in [-0.1, -0.05) is 45.4 Å². The highest BCUT2D eigenvalue weighted by Crippen LogP contribution is 2.26. The second-order valence-corrected chi connectivity index (χ2v) is 7.05. The number of nitrogens with zero attached hydrogens (tertiary/aromatic N) is 1. The topological polar surface area (TPSA) is 15.3 Å². The van der Waals surface area contributed by atoms with E-state index in [9.17, 15) is 0 Å². The second-order valence-electron chi connectivity index (χ2n) is 7.05. The Morgan fingerprint density at radius 2 is 1.68 bits per heavy atom. The Morgan fingerprint density at radius 3 is 2.37 bits per heavy atom. The summed E-state index contributed by atoms with van der Waals surface area (Å²) in [5.74, 6) is 0.941. The molecule has 2 nitrogen and oxygen atoms in total. The fourth-order valence-electron chi connectivity index (χ4n) is 3.91. The van der Waals surface area contributed by atoms with Crippen LogP contribution in [0.2, 0.25) is 0 Å². The van der Waals surface area contributed by atoms with E-state index >= 15 is 0 Å². The minimum Gasteiger partial charge on any atom is -0.313 e. The molecule has 0 aromatic heterocycles. The molecule has 2 aliphatic carbocycles. The summed E-state index contributed by atoms with van der Waals surface area (Å²) in [6.07, 6.45) is 14.3. The molecule has 0 spiro atoms. The molecule has 0 saturated heterocycles. The van der Waals surface area contributed by atoms with Crippen LogP contribution in [0.1, 0.15) is 71.1 Å². The van der Waals surface area contributed by atoms with Gasteiger partial charge in [0.15, 0.2) is 0 Å². The van der Waals surface area contributed by atoms with E-state index in [4.69, 9.17) is 0 Å². The van der Waals surface area contributed by atoms with E-state index in [0.717, 1.165) is 18.0 Å². The molecule has 0 aromatic carbocycles. The van der Waals surface area contributed by atoms with Crippen LogP contribution in [-0.4, -0.2) is 37.1 Å². The lowest BCUT2D eigenvalue weighted by atomic mass is 9.86. The molecule has 2 rings (SSSR count). The molecule has 0 aliphatic heterocycles. The average Bonchev–Trinajstić information content (AvgIpc) is 2.67. The summed E-state index contributed by atoms with van der Waals surface area (Å²) >= 11 is 0. The van der Waals surface area contributed by atoms with Gasteiger partial charge in [-0.15, -0.1) is 0 Å². The van der Waals surface area contributed by atoms with Crippen molar-refractivity contribution in [2.75, 3.05) is 20.1 Å². The van der Waals surface area contributed by atoms with Crippen LogP contribution >= 0.6 is 0 Å². The minimum absolute atomic E-state index is 0.807. The highest BCUT2D eigenvalue weighted by atomic mass is 15.1. The van der Waals surface area contributed by atoms with Crippen LogP contribution in [0, 0.1) is 5.92 Å². The van der Waals surface area contributed by atoms with Crippen molar-refractivity contribution >= 4 is 0 Å². The number of hydrogen-bond donors (Lipinski definition) is 1. The largest absolute Gasteiger partial charge is 0.313 e. The summed E-state index contributed by atoms with van der Waals surface area (Å²) in [5.41, 5.74) is 0. The Hall–Kier alpha value is -0.0800. The molecule has 2 heteroatoms. The molecule has 2 aliphatic rings. The monoisotopic (exact) mass is 266 g/mol. The molecule has 0 heterocycles. The fraction of sp³-hybridized carbons (Fsp3) is 1.00. The Kier molecular flexibility index (Phi) is 6.66. The molecular weight excluding hydrogens is 232 g/mol. The maximum Gasteiger partial charge on any atom is 0.0107 e. The van der Waals surface area contributed by atoms with Crippen molar-refractivity contribution in [1.82, 2.24) is 10.2 Å². The first-order valence-corrected chi connectivity index (χ1v) is 8.69. The molecule has 112 valence electrons. The highest BCUT2D eigenvalue weighted by Gasteiger charge is 2.22. The lowest BCUT2D eigenvalue weighted by molar-refractivity contribution is 0.163. The zero-order chi connectivity index (χ0) is 13.5. The Balaban J connectivity index is 1.61. The third kappa shape index (κ3) is 5.43. The summed E-state index contributed by atoms with van der Waals surface area (Å²) in [6.45, 7) is 4.84. The molecule has 0 radical (unpaired) electrons. The van der Waals surface area contributed by atoms with Gasteiger partial charge in [-0.25, -0.2) is 0 Å². The van der Waals surface area contributed by atoms with Crippen LogP contribution < -0.4 is 5.32 Å². The molecule has 0 amide bonds. The first kappa shape index (κ1) is 15.3. The summed E-state index contributed by atoms with van der Waals surface area (Å²) in [5, 5.41) is 3.80. The van der Waals surface area contributed by atoms with Gasteiger partial charge in [0.2, 0.25) is 0 Å². The molecule has 1 N–H and O–H groups in total. The third-order valence-corrected chi connectivity index (χ3v) is 5.28. The average molecular weight is 266 g/mol. The van der Waals surface area contributed by atoms with E-state index < -0.39 is 0 Å². The number of nitrogens with one attached hydrogen (secondary N) is 1. The van der Waals surface area contributed by atoms with Crippen LogP contribution in [0.3, 0.4) is 0 Å². The maximum atomic E-state index is 3.80. The summed E-state index contributed by atoms with van der Waals surface area (Å²) in [7, 11) is 2.33. The van der Waals surface area contributed by atoms with Crippen LogP contribution in [0.5, 0.6) is 0 Å². The van der Waals surface area contributed by atoms with Gasteiger partial charge in [-0.3, -0.25) is 0 Å². The molecule has 2 fully saturated rings. The van der Waals surface area contributed by atoms with E-state index in [1.54, 1.807) is 0 Å². The van der Waals surface area contributed by atoms with Crippen LogP contribution in [-0.2, 0) is 0 Å². The van der Waals surface area contributed by atoms with Crippen molar-refractivity contribution < 1.29 is 0 Å². The van der Waals surface area contributed by atoms with E-state index in [2.05, 4.69) is 24.2 Å². The number of hydrogen-bond acceptors (Lipinski definition) is 2. The molecule has 2 atom stereocenters. The Morgan fingerprint density at radius 1 is 0.947 bits per heavy atom. The van der Waals surface area contributed by atoms with Crippen molar-refractivity contribution in [1.29, 1.82) is 0 Å². The predicted octanol–water partition coefficient (Wildman–Crippen LogP) is 3.81. The lowest BCUT2D eigenvalue weighted by Gasteiger charge is -2.34. The Bertz CT molecular complexity index is 233. The zero-order valence-electron chi connectivity index (χ0n) is 13.2. The van der Waals surface area contributed by atoms with E-state index in [1.807, 2.05) is 0 Å². The van der Waals surface area contributed by atoms with Gasteiger partial charge < -0.3 is 10.2 Å². The lowest BCUT2D eigenvalue weighted by Crippen LogP contribution is -2.41. The summed E-state index contributed by atoms with van der Waals surface area (Å²) < 4.78 is 0. The third-order valence-electron chi connectivity index (χ3n) is 5.28. The van der Waals surface area contributed by atoms with Gasteiger partial charge in [-0.2, -0.15) is 0 Å². The van der Waals surface area contributed by atoms with Gasteiger partial charge in [0.1, 0.15) is 0 Å². The Labute approximate surface area is 120 Å². The number of rotatable bonds is 5. The van der Waals surface area contributed by atoms with Crippen molar-refractivity contribution in [2.24, 2.45) is 5.92 Å². The van der Waals surface area contributed by atoms with Crippen molar-refractivity contribution in [3.8, 4) is 0 Å². The highest BCUT2D eigenvalue weighted by molar-refractivity contribution is 4.78. The first-order valence-electron chi connectivity index (χ1n) is 8.69. The van der Waals surface area contributed by atoms with Crippen molar-refractivity contribution in [3.63, 3.8) is 0 Å². The predicted molar refractivity (Wildman–Crippen MR) is 83.5 cm³/mol. The van der Waals surface area contributed by atoms with Crippen molar-refractivity contribution in [3.05, 3.63) is 0 Å². The van der Waals surface area contributed by atoms with Crippen LogP contribution in [0.15, 0.2) is 0 Å². The van der Waals surface area contributed by atoms with Gasteiger partial charge in [0, 0.05) is 25.2 Å². The molecule has 2 saturated carbocycles. The normalized spacial score (nSPS) is 30.5. The van der Waals surface area contributed by atoms with Gasteiger partial charge in [0.05, 0.1) is 0 Å². The second kappa shape index (κ2) is 8.26.